The molecule has 20 heavy (non-hydrogen) atoms. The molecule has 0 unspecified atom stereocenters. The van der Waals surface area contributed by atoms with E-state index in [9.17, 15) is 4.79 Å². The van der Waals surface area contributed by atoms with Gasteiger partial charge < -0.3 is 10.2 Å². The van der Waals surface area contributed by atoms with Crippen LogP contribution in [-0.4, -0.2) is 36.5 Å². The number of amides is 1. The summed E-state index contributed by atoms with van der Waals surface area (Å²) in [5, 5.41) is 3.36. The molecule has 1 amide bonds. The average molecular weight is 297 g/mol. The molecule has 1 saturated heterocycles. The second-order valence-electron chi connectivity index (χ2n) is 5.35. The second-order valence-corrected chi connectivity index (χ2v) is 5.35. The lowest BCUT2D eigenvalue weighted by molar-refractivity contribution is 0.0642. The lowest BCUT2D eigenvalue weighted by Gasteiger charge is -2.34. The van der Waals surface area contributed by atoms with E-state index in [4.69, 9.17) is 0 Å². The van der Waals surface area contributed by atoms with Gasteiger partial charge in [0.1, 0.15) is 0 Å². The monoisotopic (exact) mass is 296 g/mol. The molecule has 1 aromatic rings. The van der Waals surface area contributed by atoms with Crippen LogP contribution in [0, 0.1) is 6.92 Å². The summed E-state index contributed by atoms with van der Waals surface area (Å²) in [6.45, 7) is 7.08. The van der Waals surface area contributed by atoms with E-state index in [0.29, 0.717) is 6.04 Å². The van der Waals surface area contributed by atoms with Crippen LogP contribution in [-0.2, 0) is 0 Å². The lowest BCUT2D eigenvalue weighted by Crippen LogP contribution is -2.46. The molecule has 1 N–H and O–H groups in total. The number of hydrogen-bond acceptors (Lipinski definition) is 2. The van der Waals surface area contributed by atoms with E-state index in [1.54, 1.807) is 0 Å². The van der Waals surface area contributed by atoms with Gasteiger partial charge in [0.15, 0.2) is 0 Å². The molecule has 2 rings (SSSR count). The summed E-state index contributed by atoms with van der Waals surface area (Å²) < 4.78 is 0. The van der Waals surface area contributed by atoms with Crippen molar-refractivity contribution in [1.82, 2.24) is 10.2 Å². The number of halogens is 1. The fourth-order valence-electron chi connectivity index (χ4n) is 2.67. The molecular weight excluding hydrogens is 272 g/mol. The first kappa shape index (κ1) is 17.0. The third-order valence-corrected chi connectivity index (χ3v) is 3.77. The van der Waals surface area contributed by atoms with E-state index in [2.05, 4.69) is 17.1 Å². The molecule has 0 saturated carbocycles. The van der Waals surface area contributed by atoms with Gasteiger partial charge in [-0.3, -0.25) is 4.79 Å². The average Bonchev–Trinajstić information content (AvgIpc) is 2.46. The lowest BCUT2D eigenvalue weighted by atomic mass is 10.0. The van der Waals surface area contributed by atoms with Crippen molar-refractivity contribution in [3.63, 3.8) is 0 Å². The zero-order chi connectivity index (χ0) is 13.7. The van der Waals surface area contributed by atoms with Crippen LogP contribution in [0.5, 0.6) is 0 Å². The fraction of sp³-hybridized carbons (Fsp3) is 0.562. The Morgan fingerprint density at radius 2 is 1.85 bits per heavy atom. The Kier molecular flexibility index (Phi) is 7.03. The predicted molar refractivity (Wildman–Crippen MR) is 85.6 cm³/mol. The Labute approximate surface area is 128 Å². The Balaban J connectivity index is 0.00000200. The third kappa shape index (κ3) is 4.22. The van der Waals surface area contributed by atoms with Gasteiger partial charge in [-0.25, -0.2) is 0 Å². The van der Waals surface area contributed by atoms with Gasteiger partial charge >= 0.3 is 0 Å². The highest BCUT2D eigenvalue weighted by Gasteiger charge is 2.25. The highest BCUT2D eigenvalue weighted by atomic mass is 35.5. The zero-order valence-electron chi connectivity index (χ0n) is 12.4. The number of piperidine rings is 1. The number of benzene rings is 1. The fourth-order valence-corrected chi connectivity index (χ4v) is 2.67. The molecule has 1 aromatic carbocycles. The first-order chi connectivity index (χ1) is 9.22. The summed E-state index contributed by atoms with van der Waals surface area (Å²) in [7, 11) is 0. The van der Waals surface area contributed by atoms with Gasteiger partial charge in [-0.2, -0.15) is 0 Å². The SMILES string of the molecule is CCCN(C(=O)c1ccc(C)cc1)C1CCNCC1.Cl. The number of aryl methyl sites for hydroxylation is 1. The van der Waals surface area contributed by atoms with Gasteiger partial charge in [0.2, 0.25) is 0 Å². The summed E-state index contributed by atoms with van der Waals surface area (Å²) in [4.78, 5) is 14.7. The van der Waals surface area contributed by atoms with Crippen molar-refractivity contribution in [2.75, 3.05) is 19.6 Å². The molecule has 0 aromatic heterocycles. The van der Waals surface area contributed by atoms with Crippen LogP contribution in [0.1, 0.15) is 42.1 Å². The molecule has 0 aliphatic carbocycles. The summed E-state index contributed by atoms with van der Waals surface area (Å²) >= 11 is 0. The number of hydrogen-bond donors (Lipinski definition) is 1. The maximum Gasteiger partial charge on any atom is 0.254 e. The molecule has 0 bridgehead atoms. The Bertz CT molecular complexity index is 413. The minimum absolute atomic E-state index is 0. The first-order valence-corrected chi connectivity index (χ1v) is 7.30. The van der Waals surface area contributed by atoms with Crippen molar-refractivity contribution in [3.8, 4) is 0 Å². The molecule has 0 radical (unpaired) electrons. The van der Waals surface area contributed by atoms with Crippen molar-refractivity contribution in [1.29, 1.82) is 0 Å². The first-order valence-electron chi connectivity index (χ1n) is 7.30. The van der Waals surface area contributed by atoms with Crippen LogP contribution < -0.4 is 5.32 Å². The van der Waals surface area contributed by atoms with E-state index in [0.717, 1.165) is 44.5 Å². The van der Waals surface area contributed by atoms with E-state index in [-0.39, 0.29) is 18.3 Å². The number of nitrogens with zero attached hydrogens (tertiary/aromatic N) is 1. The van der Waals surface area contributed by atoms with Crippen molar-refractivity contribution in [2.45, 2.75) is 39.2 Å². The topological polar surface area (TPSA) is 32.3 Å². The van der Waals surface area contributed by atoms with Crippen LogP contribution in [0.2, 0.25) is 0 Å². The summed E-state index contributed by atoms with van der Waals surface area (Å²) in [5.41, 5.74) is 2.01. The number of nitrogens with one attached hydrogen (secondary N) is 1. The van der Waals surface area contributed by atoms with Crippen molar-refractivity contribution < 1.29 is 4.79 Å². The Morgan fingerprint density at radius 1 is 1.25 bits per heavy atom. The molecular formula is C16H25ClN2O. The normalized spacial score (nSPS) is 15.5. The molecule has 3 nitrogen and oxygen atoms in total. The maximum absolute atomic E-state index is 12.7. The smallest absolute Gasteiger partial charge is 0.254 e. The predicted octanol–water partition coefficient (Wildman–Crippen LogP) is 3.02. The Hall–Kier alpha value is -1.06. The van der Waals surface area contributed by atoms with Gasteiger partial charge in [-0.05, 0) is 51.4 Å². The van der Waals surface area contributed by atoms with E-state index >= 15 is 0 Å². The number of rotatable bonds is 4. The molecule has 0 atom stereocenters. The largest absolute Gasteiger partial charge is 0.336 e. The van der Waals surface area contributed by atoms with Gasteiger partial charge in [0, 0.05) is 18.2 Å². The van der Waals surface area contributed by atoms with E-state index < -0.39 is 0 Å². The quantitative estimate of drug-likeness (QED) is 0.926. The standard InChI is InChI=1S/C16H24N2O.ClH/c1-3-12-18(15-8-10-17-11-9-15)16(19)14-6-4-13(2)5-7-14;/h4-7,15,17H,3,8-12H2,1-2H3;1H. The molecule has 1 aliphatic rings. The van der Waals surface area contributed by atoms with E-state index in [1.165, 1.54) is 5.56 Å². The van der Waals surface area contributed by atoms with Crippen LogP contribution >= 0.6 is 12.4 Å². The second kappa shape index (κ2) is 8.28. The van der Waals surface area contributed by atoms with Gasteiger partial charge in [0.25, 0.3) is 5.91 Å². The number of carbonyl (C=O) groups is 1. The van der Waals surface area contributed by atoms with Crippen LogP contribution in [0.25, 0.3) is 0 Å². The van der Waals surface area contributed by atoms with Crippen LogP contribution in [0.3, 0.4) is 0 Å². The van der Waals surface area contributed by atoms with Crippen LogP contribution in [0.4, 0.5) is 0 Å². The van der Waals surface area contributed by atoms with Gasteiger partial charge in [-0.15, -0.1) is 12.4 Å². The van der Waals surface area contributed by atoms with Crippen molar-refractivity contribution >= 4 is 18.3 Å². The Morgan fingerprint density at radius 3 is 2.40 bits per heavy atom. The molecule has 0 spiro atoms. The van der Waals surface area contributed by atoms with E-state index in [1.807, 2.05) is 31.2 Å². The highest BCUT2D eigenvalue weighted by molar-refractivity contribution is 5.94. The van der Waals surface area contributed by atoms with Crippen molar-refractivity contribution in [3.05, 3.63) is 35.4 Å². The van der Waals surface area contributed by atoms with Crippen molar-refractivity contribution in [2.24, 2.45) is 0 Å². The summed E-state index contributed by atoms with van der Waals surface area (Å²) in [6, 6.07) is 8.32. The molecule has 1 heterocycles. The molecule has 1 aliphatic heterocycles. The highest BCUT2D eigenvalue weighted by Crippen LogP contribution is 2.16. The molecule has 4 heteroatoms. The van der Waals surface area contributed by atoms with Gasteiger partial charge in [-0.1, -0.05) is 24.6 Å². The van der Waals surface area contributed by atoms with Crippen LogP contribution in [0.15, 0.2) is 24.3 Å². The summed E-state index contributed by atoms with van der Waals surface area (Å²) in [5.74, 6) is 0.189. The minimum atomic E-state index is 0. The maximum atomic E-state index is 12.7. The summed E-state index contributed by atoms with van der Waals surface area (Å²) in [6.07, 6.45) is 3.15. The zero-order valence-corrected chi connectivity index (χ0v) is 13.2. The third-order valence-electron chi connectivity index (χ3n) is 3.77. The molecule has 112 valence electrons. The molecule has 1 fully saturated rings. The number of carbonyl (C=O) groups excluding carboxylic acids is 1. The van der Waals surface area contributed by atoms with Gasteiger partial charge in [0.05, 0.1) is 0 Å². The minimum Gasteiger partial charge on any atom is -0.336 e.